The maximum absolute atomic E-state index is 12.5. The molecule has 1 amide bonds. The van der Waals surface area contributed by atoms with E-state index < -0.39 is 0 Å². The molecule has 0 aliphatic carbocycles. The lowest BCUT2D eigenvalue weighted by molar-refractivity contribution is 0.0685. The van der Waals surface area contributed by atoms with Gasteiger partial charge in [-0.3, -0.25) is 9.78 Å². The van der Waals surface area contributed by atoms with Crippen LogP contribution < -0.4 is 0 Å². The first-order valence-corrected chi connectivity index (χ1v) is 8.68. The standard InChI is InChI=1S/C18H20N2OS/c21-18(16-7-4-10-19-12-16)20-11-5-6-15(13-20)14-22-17-8-2-1-3-9-17/h1-4,7-10,12,15H,5-6,11,13-14H2. The molecule has 1 aliphatic rings. The molecule has 1 aromatic heterocycles. The van der Waals surface area contributed by atoms with Crippen molar-refractivity contribution in [2.24, 2.45) is 5.92 Å². The highest BCUT2D eigenvalue weighted by atomic mass is 32.2. The molecule has 0 radical (unpaired) electrons. The Balaban J connectivity index is 1.56. The Bertz CT molecular complexity index is 603. The summed E-state index contributed by atoms with van der Waals surface area (Å²) in [7, 11) is 0. The first kappa shape index (κ1) is 15.1. The zero-order valence-corrected chi connectivity index (χ0v) is 13.3. The van der Waals surface area contributed by atoms with Crippen LogP contribution in [0.1, 0.15) is 23.2 Å². The lowest BCUT2D eigenvalue weighted by atomic mass is 9.99. The first-order chi connectivity index (χ1) is 10.8. The van der Waals surface area contributed by atoms with Gasteiger partial charge < -0.3 is 4.90 Å². The second-order valence-electron chi connectivity index (χ2n) is 5.63. The third-order valence-electron chi connectivity index (χ3n) is 3.94. The van der Waals surface area contributed by atoms with Crippen molar-refractivity contribution in [3.05, 3.63) is 60.4 Å². The van der Waals surface area contributed by atoms with E-state index in [0.29, 0.717) is 11.5 Å². The van der Waals surface area contributed by atoms with E-state index >= 15 is 0 Å². The summed E-state index contributed by atoms with van der Waals surface area (Å²) in [6.07, 6.45) is 5.65. The number of carbonyl (C=O) groups excluding carboxylic acids is 1. The van der Waals surface area contributed by atoms with Crippen molar-refractivity contribution >= 4 is 17.7 Å². The Morgan fingerprint density at radius 1 is 1.23 bits per heavy atom. The highest BCUT2D eigenvalue weighted by Gasteiger charge is 2.24. The number of likely N-dealkylation sites (tertiary alicyclic amines) is 1. The summed E-state index contributed by atoms with van der Waals surface area (Å²) in [5.41, 5.74) is 0.693. The van der Waals surface area contributed by atoms with Gasteiger partial charge in [0.25, 0.3) is 5.91 Å². The lowest BCUT2D eigenvalue weighted by Crippen LogP contribution is -2.40. The Kier molecular flexibility index (Phi) is 5.11. The van der Waals surface area contributed by atoms with Gasteiger partial charge in [0.1, 0.15) is 0 Å². The normalized spacial score (nSPS) is 18.2. The van der Waals surface area contributed by atoms with E-state index in [1.807, 2.05) is 34.9 Å². The van der Waals surface area contributed by atoms with Crippen molar-refractivity contribution in [3.8, 4) is 0 Å². The molecule has 1 aromatic carbocycles. The summed E-state index contributed by atoms with van der Waals surface area (Å²) in [6.45, 7) is 1.72. The van der Waals surface area contributed by atoms with Crippen molar-refractivity contribution in [2.45, 2.75) is 17.7 Å². The summed E-state index contributed by atoms with van der Waals surface area (Å²) in [5.74, 6) is 1.75. The fourth-order valence-electron chi connectivity index (χ4n) is 2.79. The van der Waals surface area contributed by atoms with Gasteiger partial charge in [0, 0.05) is 36.1 Å². The fourth-order valence-corrected chi connectivity index (χ4v) is 3.84. The fraction of sp³-hybridized carbons (Fsp3) is 0.333. The SMILES string of the molecule is O=C(c1cccnc1)N1CCCC(CSc2ccccc2)C1. The molecule has 2 heterocycles. The zero-order valence-electron chi connectivity index (χ0n) is 12.5. The molecule has 114 valence electrons. The maximum Gasteiger partial charge on any atom is 0.255 e. The van der Waals surface area contributed by atoms with Crippen molar-refractivity contribution < 1.29 is 4.79 Å². The number of hydrogen-bond acceptors (Lipinski definition) is 3. The number of piperidine rings is 1. The van der Waals surface area contributed by atoms with Gasteiger partial charge in [-0.15, -0.1) is 11.8 Å². The molecule has 1 atom stereocenters. The Morgan fingerprint density at radius 2 is 2.09 bits per heavy atom. The monoisotopic (exact) mass is 312 g/mol. The predicted octanol–water partition coefficient (Wildman–Crippen LogP) is 3.73. The van der Waals surface area contributed by atoms with E-state index in [2.05, 4.69) is 29.2 Å². The van der Waals surface area contributed by atoms with Crippen molar-refractivity contribution in [2.75, 3.05) is 18.8 Å². The summed E-state index contributed by atoms with van der Waals surface area (Å²) in [4.78, 5) is 19.8. The lowest BCUT2D eigenvalue weighted by Gasteiger charge is -2.32. The number of rotatable bonds is 4. The first-order valence-electron chi connectivity index (χ1n) is 7.70. The number of pyridine rings is 1. The van der Waals surface area contributed by atoms with Crippen LogP contribution in [-0.4, -0.2) is 34.6 Å². The third-order valence-corrected chi connectivity index (χ3v) is 5.19. The van der Waals surface area contributed by atoms with Gasteiger partial charge in [0.05, 0.1) is 5.56 Å². The van der Waals surface area contributed by atoms with Gasteiger partial charge in [0.15, 0.2) is 0 Å². The Labute approximate surface area is 135 Å². The number of carbonyl (C=O) groups is 1. The van der Waals surface area contributed by atoms with E-state index in [1.165, 1.54) is 11.3 Å². The Hall–Kier alpha value is -1.81. The number of nitrogens with zero attached hydrogens (tertiary/aromatic N) is 2. The van der Waals surface area contributed by atoms with E-state index in [-0.39, 0.29) is 5.91 Å². The highest BCUT2D eigenvalue weighted by Crippen LogP contribution is 2.26. The maximum atomic E-state index is 12.5. The molecule has 1 aliphatic heterocycles. The van der Waals surface area contributed by atoms with Crippen molar-refractivity contribution in [3.63, 3.8) is 0 Å². The minimum Gasteiger partial charge on any atom is -0.338 e. The smallest absolute Gasteiger partial charge is 0.255 e. The molecule has 4 heteroatoms. The third kappa shape index (κ3) is 3.89. The van der Waals surface area contributed by atoms with Gasteiger partial charge >= 0.3 is 0 Å². The molecule has 0 bridgehead atoms. The predicted molar refractivity (Wildman–Crippen MR) is 90.0 cm³/mol. The van der Waals surface area contributed by atoms with E-state index in [9.17, 15) is 4.79 Å². The van der Waals surface area contributed by atoms with Gasteiger partial charge in [-0.25, -0.2) is 0 Å². The summed E-state index contributed by atoms with van der Waals surface area (Å²) < 4.78 is 0. The average Bonchev–Trinajstić information content (AvgIpc) is 2.61. The van der Waals surface area contributed by atoms with Crippen LogP contribution in [0.15, 0.2) is 59.8 Å². The summed E-state index contributed by atoms with van der Waals surface area (Å²) in [6, 6.07) is 14.1. The van der Waals surface area contributed by atoms with Crippen molar-refractivity contribution in [1.82, 2.24) is 9.88 Å². The quantitative estimate of drug-likeness (QED) is 0.807. The molecule has 0 N–H and O–H groups in total. The number of thioether (sulfide) groups is 1. The molecule has 3 nitrogen and oxygen atoms in total. The van der Waals surface area contributed by atoms with Crippen molar-refractivity contribution in [1.29, 1.82) is 0 Å². The van der Waals surface area contributed by atoms with E-state index in [0.717, 1.165) is 25.3 Å². The van der Waals surface area contributed by atoms with Crippen LogP contribution in [0.25, 0.3) is 0 Å². The molecule has 1 saturated heterocycles. The molecule has 2 aromatic rings. The molecular formula is C18H20N2OS. The topological polar surface area (TPSA) is 33.2 Å². The Morgan fingerprint density at radius 3 is 2.86 bits per heavy atom. The zero-order chi connectivity index (χ0) is 15.2. The molecule has 0 spiro atoms. The van der Waals surface area contributed by atoms with Crippen LogP contribution in [0.2, 0.25) is 0 Å². The van der Waals surface area contributed by atoms with Crippen LogP contribution in [0.4, 0.5) is 0 Å². The van der Waals surface area contributed by atoms with Gasteiger partial charge in [0.2, 0.25) is 0 Å². The molecule has 1 unspecified atom stereocenters. The van der Waals surface area contributed by atoms with Gasteiger partial charge in [-0.1, -0.05) is 18.2 Å². The van der Waals surface area contributed by atoms with Gasteiger partial charge in [-0.2, -0.15) is 0 Å². The number of benzene rings is 1. The summed E-state index contributed by atoms with van der Waals surface area (Å²) in [5, 5.41) is 0. The molecule has 3 rings (SSSR count). The molecular weight excluding hydrogens is 292 g/mol. The largest absolute Gasteiger partial charge is 0.338 e. The van der Waals surface area contributed by atoms with Crippen LogP contribution >= 0.6 is 11.8 Å². The second kappa shape index (κ2) is 7.45. The average molecular weight is 312 g/mol. The van der Waals surface area contributed by atoms with Crippen LogP contribution in [-0.2, 0) is 0 Å². The minimum absolute atomic E-state index is 0.113. The molecule has 0 saturated carbocycles. The second-order valence-corrected chi connectivity index (χ2v) is 6.72. The highest BCUT2D eigenvalue weighted by molar-refractivity contribution is 7.99. The molecule has 22 heavy (non-hydrogen) atoms. The van der Waals surface area contributed by atoms with E-state index in [1.54, 1.807) is 12.4 Å². The van der Waals surface area contributed by atoms with Crippen LogP contribution in [0.3, 0.4) is 0 Å². The number of aromatic nitrogens is 1. The minimum atomic E-state index is 0.113. The number of amides is 1. The van der Waals surface area contributed by atoms with Gasteiger partial charge in [-0.05, 0) is 43.0 Å². The van der Waals surface area contributed by atoms with E-state index in [4.69, 9.17) is 0 Å². The van der Waals surface area contributed by atoms with Crippen LogP contribution in [0.5, 0.6) is 0 Å². The van der Waals surface area contributed by atoms with Crippen LogP contribution in [0, 0.1) is 5.92 Å². The summed E-state index contributed by atoms with van der Waals surface area (Å²) >= 11 is 1.89. The molecule has 1 fully saturated rings. The number of hydrogen-bond donors (Lipinski definition) is 0.